The third-order valence-corrected chi connectivity index (χ3v) is 3.51. The van der Waals surface area contributed by atoms with Gasteiger partial charge in [0.05, 0.1) is 6.61 Å². The quantitative estimate of drug-likeness (QED) is 0.361. The summed E-state index contributed by atoms with van der Waals surface area (Å²) in [7, 11) is 0. The molecule has 0 aliphatic carbocycles. The van der Waals surface area contributed by atoms with Gasteiger partial charge in [0.15, 0.2) is 5.78 Å². The SMILES string of the molecule is CC(=O)c1c(O)cc(O)cc1O[C@@H]1O[C@H](CO)[C@H](O)[C@H](O)[C@H]1O. The molecule has 0 saturated carbocycles. The van der Waals surface area contributed by atoms with E-state index in [1.54, 1.807) is 0 Å². The number of phenols is 2. The van der Waals surface area contributed by atoms with Crippen LogP contribution in [0.1, 0.15) is 17.3 Å². The normalized spacial score (nSPS) is 30.9. The fourth-order valence-corrected chi connectivity index (χ4v) is 2.32. The van der Waals surface area contributed by atoms with Gasteiger partial charge in [0.1, 0.15) is 47.2 Å². The summed E-state index contributed by atoms with van der Waals surface area (Å²) in [6.07, 6.45) is -7.62. The molecule has 1 saturated heterocycles. The molecule has 6 N–H and O–H groups in total. The molecular weight excluding hydrogens is 312 g/mol. The second-order valence-corrected chi connectivity index (χ2v) is 5.21. The van der Waals surface area contributed by atoms with Crippen LogP contribution in [0.25, 0.3) is 0 Å². The Kier molecular flexibility index (Phi) is 5.07. The average molecular weight is 330 g/mol. The van der Waals surface area contributed by atoms with Crippen molar-refractivity contribution in [3.8, 4) is 17.2 Å². The maximum Gasteiger partial charge on any atom is 0.229 e. The van der Waals surface area contributed by atoms with Crippen molar-refractivity contribution < 1.29 is 44.9 Å². The number of rotatable bonds is 4. The molecular formula is C14H18O9. The van der Waals surface area contributed by atoms with Crippen LogP contribution < -0.4 is 4.74 Å². The number of ether oxygens (including phenoxy) is 2. The first kappa shape index (κ1) is 17.4. The van der Waals surface area contributed by atoms with Gasteiger partial charge >= 0.3 is 0 Å². The molecule has 2 rings (SSSR count). The number of carbonyl (C=O) groups is 1. The van der Waals surface area contributed by atoms with Gasteiger partial charge in [-0.1, -0.05) is 0 Å². The Morgan fingerprint density at radius 1 is 1.17 bits per heavy atom. The van der Waals surface area contributed by atoms with Crippen molar-refractivity contribution in [2.24, 2.45) is 0 Å². The van der Waals surface area contributed by atoms with Crippen molar-refractivity contribution in [1.29, 1.82) is 0 Å². The van der Waals surface area contributed by atoms with Crippen molar-refractivity contribution in [3.63, 3.8) is 0 Å². The van der Waals surface area contributed by atoms with Crippen LogP contribution in [0.5, 0.6) is 17.2 Å². The van der Waals surface area contributed by atoms with Crippen molar-refractivity contribution in [2.75, 3.05) is 6.61 Å². The second kappa shape index (κ2) is 6.69. The predicted octanol–water partition coefficient (Wildman–Crippen LogP) is -1.52. The Labute approximate surface area is 130 Å². The third kappa shape index (κ3) is 3.38. The highest BCUT2D eigenvalue weighted by atomic mass is 16.7. The predicted molar refractivity (Wildman–Crippen MR) is 74.2 cm³/mol. The zero-order chi connectivity index (χ0) is 17.3. The van der Waals surface area contributed by atoms with E-state index >= 15 is 0 Å². The Balaban J connectivity index is 2.33. The van der Waals surface area contributed by atoms with E-state index in [4.69, 9.17) is 14.6 Å². The van der Waals surface area contributed by atoms with Gasteiger partial charge in [-0.15, -0.1) is 0 Å². The molecule has 1 fully saturated rings. The summed E-state index contributed by atoms with van der Waals surface area (Å²) in [6.45, 7) is 0.516. The van der Waals surface area contributed by atoms with E-state index in [1.165, 1.54) is 0 Å². The van der Waals surface area contributed by atoms with Crippen LogP contribution >= 0.6 is 0 Å². The highest BCUT2D eigenvalue weighted by Gasteiger charge is 2.45. The fraction of sp³-hybridized carbons (Fsp3) is 0.500. The van der Waals surface area contributed by atoms with E-state index in [9.17, 15) is 30.3 Å². The van der Waals surface area contributed by atoms with Gasteiger partial charge < -0.3 is 40.1 Å². The average Bonchev–Trinajstić information content (AvgIpc) is 2.46. The lowest BCUT2D eigenvalue weighted by molar-refractivity contribution is -0.277. The number of aromatic hydroxyl groups is 2. The molecule has 128 valence electrons. The van der Waals surface area contributed by atoms with E-state index in [-0.39, 0.29) is 11.3 Å². The minimum absolute atomic E-state index is 0.250. The van der Waals surface area contributed by atoms with E-state index in [1.807, 2.05) is 0 Å². The second-order valence-electron chi connectivity index (χ2n) is 5.21. The largest absolute Gasteiger partial charge is 0.508 e. The summed E-state index contributed by atoms with van der Waals surface area (Å²) >= 11 is 0. The Bertz CT molecular complexity index is 586. The number of ketones is 1. The van der Waals surface area contributed by atoms with E-state index in [0.29, 0.717) is 0 Å². The Morgan fingerprint density at radius 3 is 2.39 bits per heavy atom. The van der Waals surface area contributed by atoms with Gasteiger partial charge in [-0.25, -0.2) is 0 Å². The molecule has 9 nitrogen and oxygen atoms in total. The van der Waals surface area contributed by atoms with E-state index in [0.717, 1.165) is 19.1 Å². The molecule has 5 atom stereocenters. The molecule has 0 spiro atoms. The summed E-state index contributed by atoms with van der Waals surface area (Å²) in [5, 5.41) is 57.6. The summed E-state index contributed by atoms with van der Waals surface area (Å²) in [5.74, 6) is -1.77. The van der Waals surface area contributed by atoms with E-state index < -0.39 is 54.6 Å². The van der Waals surface area contributed by atoms with Crippen LogP contribution in [-0.2, 0) is 4.74 Å². The first-order valence-electron chi connectivity index (χ1n) is 6.80. The summed E-state index contributed by atoms with van der Waals surface area (Å²) in [5.41, 5.74) is -0.250. The van der Waals surface area contributed by atoms with Crippen LogP contribution in [0.4, 0.5) is 0 Å². The topological polar surface area (TPSA) is 157 Å². The maximum absolute atomic E-state index is 11.6. The molecule has 0 unspecified atom stereocenters. The van der Waals surface area contributed by atoms with Crippen molar-refractivity contribution in [1.82, 2.24) is 0 Å². The minimum atomic E-state index is -1.68. The summed E-state index contributed by atoms with van der Waals surface area (Å²) < 4.78 is 10.4. The number of Topliss-reactive ketones (excluding diaryl/α,β-unsaturated/α-hetero) is 1. The van der Waals surface area contributed by atoms with Crippen LogP contribution in [-0.4, -0.2) is 73.7 Å². The molecule has 0 radical (unpaired) electrons. The van der Waals surface area contributed by atoms with Crippen LogP contribution in [0.3, 0.4) is 0 Å². The molecule has 1 aromatic carbocycles. The highest BCUT2D eigenvalue weighted by molar-refractivity contribution is 5.99. The molecule has 9 heteroatoms. The zero-order valence-electron chi connectivity index (χ0n) is 12.2. The van der Waals surface area contributed by atoms with E-state index in [2.05, 4.69) is 0 Å². The monoisotopic (exact) mass is 330 g/mol. The van der Waals surface area contributed by atoms with Gasteiger partial charge in [-0.2, -0.15) is 0 Å². The summed E-state index contributed by atoms with van der Waals surface area (Å²) in [4.78, 5) is 11.6. The molecule has 0 aromatic heterocycles. The number of phenolic OH excluding ortho intramolecular Hbond substituents is 2. The smallest absolute Gasteiger partial charge is 0.229 e. The molecule has 0 amide bonds. The zero-order valence-corrected chi connectivity index (χ0v) is 12.2. The number of aliphatic hydroxyl groups excluding tert-OH is 4. The van der Waals surface area contributed by atoms with Crippen molar-refractivity contribution >= 4 is 5.78 Å². The Hall–Kier alpha value is -1.91. The van der Waals surface area contributed by atoms with Gasteiger partial charge in [-0.3, -0.25) is 4.79 Å². The van der Waals surface area contributed by atoms with Crippen LogP contribution in [0, 0.1) is 0 Å². The number of hydrogen-bond donors (Lipinski definition) is 6. The lowest BCUT2D eigenvalue weighted by Crippen LogP contribution is -2.60. The van der Waals surface area contributed by atoms with Gasteiger partial charge in [0, 0.05) is 12.1 Å². The lowest BCUT2D eigenvalue weighted by atomic mass is 9.99. The molecule has 1 heterocycles. The number of hydrogen-bond acceptors (Lipinski definition) is 9. The minimum Gasteiger partial charge on any atom is -0.508 e. The van der Waals surface area contributed by atoms with Crippen molar-refractivity contribution in [3.05, 3.63) is 17.7 Å². The molecule has 23 heavy (non-hydrogen) atoms. The van der Waals surface area contributed by atoms with Gasteiger partial charge in [-0.05, 0) is 6.92 Å². The number of benzene rings is 1. The van der Waals surface area contributed by atoms with Crippen LogP contribution in [0.15, 0.2) is 12.1 Å². The fourth-order valence-electron chi connectivity index (χ4n) is 2.32. The Morgan fingerprint density at radius 2 is 1.83 bits per heavy atom. The number of aliphatic hydroxyl groups is 4. The highest BCUT2D eigenvalue weighted by Crippen LogP contribution is 2.35. The molecule has 1 aliphatic heterocycles. The molecule has 1 aromatic rings. The third-order valence-electron chi connectivity index (χ3n) is 3.51. The summed E-state index contributed by atoms with van der Waals surface area (Å²) in [6, 6.07) is 1.97. The lowest BCUT2D eigenvalue weighted by Gasteiger charge is -2.39. The molecule has 1 aliphatic rings. The molecule has 0 bridgehead atoms. The number of carbonyl (C=O) groups excluding carboxylic acids is 1. The first-order chi connectivity index (χ1) is 10.8. The maximum atomic E-state index is 11.6. The van der Waals surface area contributed by atoms with Crippen molar-refractivity contribution in [2.45, 2.75) is 37.6 Å². The van der Waals surface area contributed by atoms with Gasteiger partial charge in [0.25, 0.3) is 0 Å². The van der Waals surface area contributed by atoms with Gasteiger partial charge in [0.2, 0.25) is 6.29 Å². The van der Waals surface area contributed by atoms with Crippen LogP contribution in [0.2, 0.25) is 0 Å². The first-order valence-corrected chi connectivity index (χ1v) is 6.80. The standard InChI is InChI=1S/C14H18O9/c1-5(16)10-7(18)2-6(17)3-8(10)22-14-13(21)12(20)11(19)9(4-15)23-14/h2-3,9,11-15,17-21H,4H2,1H3/t9-,11+,12+,13-,14-/m1/s1.